The summed E-state index contributed by atoms with van der Waals surface area (Å²) in [5, 5.41) is 0. The van der Waals surface area contributed by atoms with Gasteiger partial charge in [0.05, 0.1) is 11.4 Å². The van der Waals surface area contributed by atoms with E-state index in [2.05, 4.69) is 82.1 Å². The summed E-state index contributed by atoms with van der Waals surface area (Å²) in [6.45, 7) is 5.16. The van der Waals surface area contributed by atoms with Crippen molar-refractivity contribution in [1.82, 2.24) is 9.97 Å². The highest BCUT2D eigenvalue weighted by molar-refractivity contribution is 5.91. The molecule has 0 fully saturated rings. The van der Waals surface area contributed by atoms with E-state index < -0.39 is 0 Å². The third-order valence-corrected chi connectivity index (χ3v) is 5.71. The number of hydrogen-bond acceptors (Lipinski definition) is 3. The van der Waals surface area contributed by atoms with Crippen LogP contribution in [0.3, 0.4) is 0 Å². The van der Waals surface area contributed by atoms with Crippen molar-refractivity contribution >= 4 is 16.9 Å². The lowest BCUT2D eigenvalue weighted by Crippen LogP contribution is -2.30. The summed E-state index contributed by atoms with van der Waals surface area (Å²) >= 11 is 0. The molecule has 0 bridgehead atoms. The van der Waals surface area contributed by atoms with Crippen LogP contribution in [0.5, 0.6) is 0 Å². The van der Waals surface area contributed by atoms with Gasteiger partial charge in [0.2, 0.25) is 0 Å². The summed E-state index contributed by atoms with van der Waals surface area (Å²) in [4.78, 5) is 11.6. The molecule has 2 aromatic carbocycles. The van der Waals surface area contributed by atoms with E-state index in [1.54, 1.807) is 0 Å². The number of nitrogens with zero attached hydrogens (tertiary/aromatic N) is 3. The van der Waals surface area contributed by atoms with Crippen molar-refractivity contribution in [1.29, 1.82) is 0 Å². The molecule has 150 valence electrons. The van der Waals surface area contributed by atoms with Crippen molar-refractivity contribution in [2.24, 2.45) is 0 Å². The van der Waals surface area contributed by atoms with Crippen LogP contribution in [0.15, 0.2) is 127 Å². The molecular weight excluding hydrogens is 378 g/mol. The lowest BCUT2D eigenvalue weighted by Gasteiger charge is -2.39. The summed E-state index contributed by atoms with van der Waals surface area (Å²) in [7, 11) is 0. The number of para-hydroxylation sites is 2. The second kappa shape index (κ2) is 8.41. The molecule has 3 heteroatoms. The van der Waals surface area contributed by atoms with Crippen molar-refractivity contribution in [3.63, 3.8) is 0 Å². The van der Waals surface area contributed by atoms with Gasteiger partial charge in [-0.1, -0.05) is 55.1 Å². The van der Waals surface area contributed by atoms with Crippen LogP contribution in [0, 0.1) is 0 Å². The molecule has 0 spiro atoms. The van der Waals surface area contributed by atoms with E-state index >= 15 is 0 Å². The van der Waals surface area contributed by atoms with Gasteiger partial charge < -0.3 is 4.90 Å². The Bertz CT molecular complexity index is 1160. The molecular formula is C28H23N3. The zero-order chi connectivity index (χ0) is 21.0. The second-order valence-corrected chi connectivity index (χ2v) is 7.59. The van der Waals surface area contributed by atoms with Crippen LogP contribution in [-0.2, 0) is 0 Å². The maximum atomic E-state index is 4.65. The number of aromatic nitrogens is 2. The van der Waals surface area contributed by atoms with Gasteiger partial charge in [-0.2, -0.15) is 0 Å². The van der Waals surface area contributed by atoms with Gasteiger partial charge >= 0.3 is 0 Å². The van der Waals surface area contributed by atoms with Crippen LogP contribution in [0.4, 0.5) is 11.4 Å². The Kier molecular flexibility index (Phi) is 5.16. The normalized spacial score (nSPS) is 15.5. The number of rotatable bonds is 6. The molecule has 0 saturated carbocycles. The first kappa shape index (κ1) is 19.0. The predicted molar refractivity (Wildman–Crippen MR) is 127 cm³/mol. The monoisotopic (exact) mass is 401 g/mol. The van der Waals surface area contributed by atoms with E-state index in [0.717, 1.165) is 40.5 Å². The Morgan fingerprint density at radius 1 is 0.677 bits per heavy atom. The molecule has 5 rings (SSSR count). The van der Waals surface area contributed by atoms with Gasteiger partial charge in [0.25, 0.3) is 0 Å². The van der Waals surface area contributed by atoms with E-state index in [9.17, 15) is 0 Å². The molecule has 3 nitrogen and oxygen atoms in total. The summed E-state index contributed by atoms with van der Waals surface area (Å²) in [6, 6.07) is 33.1. The Hall–Kier alpha value is -3.98. The van der Waals surface area contributed by atoms with Gasteiger partial charge in [-0.3, -0.25) is 9.97 Å². The van der Waals surface area contributed by atoms with Gasteiger partial charge in [-0.25, -0.2) is 0 Å². The SMILES string of the molecule is C=C1C(c2ccccn2)=C(CN(c2ccccc2)c2ccccc2)C1c1ccccn1. The van der Waals surface area contributed by atoms with Gasteiger partial charge in [0.1, 0.15) is 0 Å². The van der Waals surface area contributed by atoms with Crippen molar-refractivity contribution < 1.29 is 0 Å². The molecule has 0 saturated heterocycles. The van der Waals surface area contributed by atoms with E-state index in [-0.39, 0.29) is 5.92 Å². The van der Waals surface area contributed by atoms with E-state index in [4.69, 9.17) is 0 Å². The lowest BCUT2D eigenvalue weighted by atomic mass is 9.69. The molecule has 1 aliphatic carbocycles. The van der Waals surface area contributed by atoms with Gasteiger partial charge in [0.15, 0.2) is 0 Å². The maximum Gasteiger partial charge on any atom is 0.0705 e. The van der Waals surface area contributed by atoms with Crippen molar-refractivity contribution in [2.75, 3.05) is 11.4 Å². The molecule has 0 N–H and O–H groups in total. The molecule has 0 radical (unpaired) electrons. The largest absolute Gasteiger partial charge is 0.337 e. The lowest BCUT2D eigenvalue weighted by molar-refractivity contribution is 0.809. The van der Waals surface area contributed by atoms with Crippen LogP contribution in [-0.4, -0.2) is 16.5 Å². The minimum atomic E-state index is 0.0909. The summed E-state index contributed by atoms with van der Waals surface area (Å²) in [5.41, 5.74) is 7.81. The molecule has 0 aliphatic heterocycles. The van der Waals surface area contributed by atoms with Crippen LogP contribution in [0.1, 0.15) is 17.3 Å². The third kappa shape index (κ3) is 3.66. The Morgan fingerprint density at radius 3 is 1.81 bits per heavy atom. The van der Waals surface area contributed by atoms with Crippen molar-refractivity contribution in [2.45, 2.75) is 5.92 Å². The summed E-state index contributed by atoms with van der Waals surface area (Å²) in [5.74, 6) is 0.0909. The molecule has 1 unspecified atom stereocenters. The van der Waals surface area contributed by atoms with Crippen LogP contribution >= 0.6 is 0 Å². The number of allylic oxidation sites excluding steroid dienone is 2. The quantitative estimate of drug-likeness (QED) is 0.373. The molecule has 1 aliphatic rings. The standard InChI is InChI=1S/C28H23N3/c1-21-27(25-16-8-10-18-29-25)24(28(21)26-17-9-11-19-30-26)20-31(22-12-4-2-5-13-22)23-14-6-3-7-15-23/h2-19,27H,1,20H2. The predicted octanol–water partition coefficient (Wildman–Crippen LogP) is 6.42. The molecule has 2 heterocycles. The molecule has 2 aromatic heterocycles. The molecule has 4 aromatic rings. The van der Waals surface area contributed by atoms with Gasteiger partial charge in [-0.05, 0) is 59.7 Å². The van der Waals surface area contributed by atoms with Crippen LogP contribution < -0.4 is 4.90 Å². The Labute approximate surface area is 183 Å². The number of anilines is 2. The molecule has 0 amide bonds. The minimum Gasteiger partial charge on any atom is -0.337 e. The summed E-state index contributed by atoms with van der Waals surface area (Å²) in [6.07, 6.45) is 3.69. The topological polar surface area (TPSA) is 29.0 Å². The Morgan fingerprint density at radius 2 is 1.26 bits per heavy atom. The van der Waals surface area contributed by atoms with Gasteiger partial charge in [-0.15, -0.1) is 0 Å². The van der Waals surface area contributed by atoms with E-state index in [1.165, 1.54) is 5.57 Å². The average molecular weight is 402 g/mol. The first-order valence-corrected chi connectivity index (χ1v) is 10.4. The van der Waals surface area contributed by atoms with E-state index in [0.29, 0.717) is 0 Å². The minimum absolute atomic E-state index is 0.0909. The van der Waals surface area contributed by atoms with Crippen LogP contribution in [0.25, 0.3) is 5.57 Å². The highest BCUT2D eigenvalue weighted by Gasteiger charge is 2.38. The molecule has 1 atom stereocenters. The summed E-state index contributed by atoms with van der Waals surface area (Å²) < 4.78 is 0. The second-order valence-electron chi connectivity index (χ2n) is 7.59. The first-order valence-electron chi connectivity index (χ1n) is 10.4. The highest BCUT2D eigenvalue weighted by Crippen LogP contribution is 2.51. The van der Waals surface area contributed by atoms with Crippen LogP contribution in [0.2, 0.25) is 0 Å². The van der Waals surface area contributed by atoms with E-state index in [1.807, 2.05) is 48.8 Å². The van der Waals surface area contributed by atoms with Crippen molar-refractivity contribution in [3.8, 4) is 0 Å². The zero-order valence-corrected chi connectivity index (χ0v) is 17.2. The fourth-order valence-corrected chi connectivity index (χ4v) is 4.26. The third-order valence-electron chi connectivity index (χ3n) is 5.71. The fraction of sp³-hybridized carbons (Fsp3) is 0.0714. The number of hydrogen-bond donors (Lipinski definition) is 0. The smallest absolute Gasteiger partial charge is 0.0705 e. The highest BCUT2D eigenvalue weighted by atomic mass is 15.1. The number of pyridine rings is 2. The van der Waals surface area contributed by atoms with Crippen molar-refractivity contribution in [3.05, 3.63) is 139 Å². The number of benzene rings is 2. The first-order chi connectivity index (χ1) is 15.3. The Balaban J connectivity index is 1.62. The fourth-order valence-electron chi connectivity index (χ4n) is 4.26. The zero-order valence-electron chi connectivity index (χ0n) is 17.2. The van der Waals surface area contributed by atoms with Gasteiger partial charge in [0, 0.05) is 41.8 Å². The average Bonchev–Trinajstić information content (AvgIpc) is 2.84. The molecule has 31 heavy (non-hydrogen) atoms. The maximum absolute atomic E-state index is 4.65.